The fourth-order valence-corrected chi connectivity index (χ4v) is 3.21. The van der Waals surface area contributed by atoms with Gasteiger partial charge in [-0.05, 0) is 43.2 Å². The number of nitrogens with one attached hydrogen (secondary N) is 1. The van der Waals surface area contributed by atoms with Crippen LogP contribution in [-0.4, -0.2) is 62.4 Å². The van der Waals surface area contributed by atoms with E-state index in [1.807, 2.05) is 11.8 Å². The maximum atomic E-state index is 12.3. The predicted octanol–water partition coefficient (Wildman–Crippen LogP) is 0.776. The maximum absolute atomic E-state index is 12.3. The third-order valence-corrected chi connectivity index (χ3v) is 4.53. The first-order valence-electron chi connectivity index (χ1n) is 7.64. The number of carbonyl (C=O) groups is 1. The minimum absolute atomic E-state index is 0.142. The molecule has 1 atom stereocenters. The molecular weight excluding hydrogens is 288 g/mol. The van der Waals surface area contributed by atoms with Crippen LogP contribution in [0.25, 0.3) is 0 Å². The molecule has 1 aliphatic rings. The molecule has 1 unspecified atom stereocenters. The van der Waals surface area contributed by atoms with Crippen molar-refractivity contribution in [3.63, 3.8) is 0 Å². The minimum Gasteiger partial charge on any atom is -0.342 e. The normalized spacial score (nSPS) is 16.4. The van der Waals surface area contributed by atoms with Gasteiger partial charge in [0.25, 0.3) is 0 Å². The van der Waals surface area contributed by atoms with Gasteiger partial charge in [-0.2, -0.15) is 0 Å². The number of thioether (sulfide) groups is 1. The fourth-order valence-electron chi connectivity index (χ4n) is 2.31. The number of amides is 1. The summed E-state index contributed by atoms with van der Waals surface area (Å²) in [5, 5.41) is 15.6. The maximum Gasteiger partial charge on any atom is 0.235 e. The molecule has 1 aromatic heterocycles. The molecule has 8 heteroatoms. The Balaban J connectivity index is 1.84. The van der Waals surface area contributed by atoms with E-state index >= 15 is 0 Å². The summed E-state index contributed by atoms with van der Waals surface area (Å²) in [4.78, 5) is 14.2. The predicted molar refractivity (Wildman–Crippen MR) is 82.1 cm³/mol. The number of likely N-dealkylation sites (tertiary alicyclic amines) is 1. The van der Waals surface area contributed by atoms with Gasteiger partial charge in [0.15, 0.2) is 0 Å². The topological polar surface area (TPSA) is 75.9 Å². The minimum atomic E-state index is -0.142. The molecule has 0 aliphatic carbocycles. The van der Waals surface area contributed by atoms with Crippen LogP contribution in [-0.2, 0) is 11.3 Å². The van der Waals surface area contributed by atoms with Crippen molar-refractivity contribution >= 4 is 17.7 Å². The highest BCUT2D eigenvalue weighted by molar-refractivity contribution is 8.00. The van der Waals surface area contributed by atoms with Crippen LogP contribution in [0.4, 0.5) is 0 Å². The van der Waals surface area contributed by atoms with Crippen LogP contribution in [0.1, 0.15) is 33.1 Å². The lowest BCUT2D eigenvalue weighted by Crippen LogP contribution is -2.34. The van der Waals surface area contributed by atoms with E-state index in [2.05, 4.69) is 27.8 Å². The third-order valence-electron chi connectivity index (χ3n) is 3.47. The second-order valence-corrected chi connectivity index (χ2v) is 6.54. The Morgan fingerprint density at radius 1 is 1.38 bits per heavy atom. The van der Waals surface area contributed by atoms with Crippen LogP contribution >= 0.6 is 11.8 Å². The second kappa shape index (κ2) is 8.33. The molecule has 2 heterocycles. The van der Waals surface area contributed by atoms with E-state index in [4.69, 9.17) is 0 Å². The Labute approximate surface area is 129 Å². The summed E-state index contributed by atoms with van der Waals surface area (Å²) in [6.45, 7) is 8.39. The lowest BCUT2D eigenvalue weighted by atomic mass is 10.4. The number of nitrogens with zero attached hydrogens (tertiary/aromatic N) is 5. The van der Waals surface area contributed by atoms with Crippen molar-refractivity contribution < 1.29 is 4.79 Å². The number of aromatic nitrogens is 4. The highest BCUT2D eigenvalue weighted by Crippen LogP contribution is 2.23. The van der Waals surface area contributed by atoms with Crippen molar-refractivity contribution in [3.8, 4) is 0 Å². The summed E-state index contributed by atoms with van der Waals surface area (Å²) in [7, 11) is 0. The van der Waals surface area contributed by atoms with Crippen molar-refractivity contribution in [1.82, 2.24) is 30.4 Å². The van der Waals surface area contributed by atoms with E-state index in [9.17, 15) is 4.79 Å². The zero-order chi connectivity index (χ0) is 15.1. The Bertz CT molecular complexity index is 446. The van der Waals surface area contributed by atoms with Crippen LogP contribution < -0.4 is 5.32 Å². The van der Waals surface area contributed by atoms with Gasteiger partial charge in [0.05, 0.1) is 11.8 Å². The Morgan fingerprint density at radius 2 is 2.14 bits per heavy atom. The Kier molecular flexibility index (Phi) is 6.44. The number of hydrogen-bond donors (Lipinski definition) is 1. The number of hydrogen-bond acceptors (Lipinski definition) is 6. The van der Waals surface area contributed by atoms with Crippen LogP contribution in [0.15, 0.2) is 5.16 Å². The highest BCUT2D eigenvalue weighted by atomic mass is 32.2. The van der Waals surface area contributed by atoms with Crippen molar-refractivity contribution in [2.75, 3.05) is 26.2 Å². The van der Waals surface area contributed by atoms with Crippen LogP contribution in [0.5, 0.6) is 0 Å². The molecule has 1 aromatic rings. The fraction of sp³-hybridized carbons (Fsp3) is 0.846. The molecule has 118 valence electrons. The third kappa shape index (κ3) is 4.67. The van der Waals surface area contributed by atoms with Crippen molar-refractivity contribution in [3.05, 3.63) is 0 Å². The van der Waals surface area contributed by atoms with Gasteiger partial charge in [-0.3, -0.25) is 4.79 Å². The van der Waals surface area contributed by atoms with E-state index in [-0.39, 0.29) is 11.2 Å². The molecule has 0 spiro atoms. The van der Waals surface area contributed by atoms with E-state index in [1.54, 1.807) is 4.68 Å². The average molecular weight is 312 g/mol. The summed E-state index contributed by atoms with van der Waals surface area (Å²) in [6.07, 6.45) is 3.34. The van der Waals surface area contributed by atoms with Gasteiger partial charge in [0.2, 0.25) is 11.1 Å². The van der Waals surface area contributed by atoms with Crippen molar-refractivity contribution in [2.24, 2.45) is 0 Å². The molecule has 0 bridgehead atoms. The summed E-state index contributed by atoms with van der Waals surface area (Å²) < 4.78 is 1.76. The first-order chi connectivity index (χ1) is 10.2. The molecule has 1 N–H and O–H groups in total. The molecule has 2 rings (SSSR count). The van der Waals surface area contributed by atoms with E-state index < -0.39 is 0 Å². The monoisotopic (exact) mass is 312 g/mol. The van der Waals surface area contributed by atoms with Gasteiger partial charge in [-0.1, -0.05) is 18.7 Å². The van der Waals surface area contributed by atoms with Gasteiger partial charge in [0.1, 0.15) is 0 Å². The van der Waals surface area contributed by atoms with E-state index in [0.29, 0.717) is 5.16 Å². The summed E-state index contributed by atoms with van der Waals surface area (Å²) in [5.74, 6) is 0.191. The van der Waals surface area contributed by atoms with Gasteiger partial charge >= 0.3 is 0 Å². The standard InChI is InChI=1S/C13H24N6OS/c1-3-6-14-7-10-19-13(15-16-17-19)21-11(2)12(20)18-8-4-5-9-18/h11,14H,3-10H2,1-2H3. The smallest absolute Gasteiger partial charge is 0.235 e. The van der Waals surface area contributed by atoms with E-state index in [1.165, 1.54) is 11.8 Å². The number of rotatable bonds is 8. The molecule has 21 heavy (non-hydrogen) atoms. The molecule has 1 fully saturated rings. The Hall–Kier alpha value is -1.15. The highest BCUT2D eigenvalue weighted by Gasteiger charge is 2.25. The van der Waals surface area contributed by atoms with Crippen molar-refractivity contribution in [1.29, 1.82) is 0 Å². The molecule has 1 aliphatic heterocycles. The number of carbonyl (C=O) groups excluding carboxylic acids is 1. The lowest BCUT2D eigenvalue weighted by Gasteiger charge is -2.19. The van der Waals surface area contributed by atoms with Crippen molar-refractivity contribution in [2.45, 2.75) is 50.1 Å². The molecule has 7 nitrogen and oxygen atoms in total. The first kappa shape index (κ1) is 16.2. The quantitative estimate of drug-likeness (QED) is 0.564. The summed E-state index contributed by atoms with van der Waals surface area (Å²) in [5.41, 5.74) is 0. The van der Waals surface area contributed by atoms with Gasteiger partial charge in [-0.15, -0.1) is 5.10 Å². The summed E-state index contributed by atoms with van der Waals surface area (Å²) >= 11 is 1.44. The molecule has 0 aromatic carbocycles. The van der Waals surface area contributed by atoms with Crippen LogP contribution in [0, 0.1) is 0 Å². The lowest BCUT2D eigenvalue weighted by molar-refractivity contribution is -0.129. The van der Waals surface area contributed by atoms with Gasteiger partial charge < -0.3 is 10.2 Å². The SMILES string of the molecule is CCCNCCn1nnnc1SC(C)C(=O)N1CCCC1. The molecule has 1 amide bonds. The van der Waals surface area contributed by atoms with E-state index in [0.717, 1.165) is 52.0 Å². The molecule has 1 saturated heterocycles. The molecule has 0 radical (unpaired) electrons. The van der Waals surface area contributed by atoms with Crippen LogP contribution in [0.2, 0.25) is 0 Å². The van der Waals surface area contributed by atoms with Gasteiger partial charge in [0, 0.05) is 19.6 Å². The average Bonchev–Trinajstić information content (AvgIpc) is 3.14. The first-order valence-corrected chi connectivity index (χ1v) is 8.52. The van der Waals surface area contributed by atoms with Gasteiger partial charge in [-0.25, -0.2) is 4.68 Å². The molecular formula is C13H24N6OS. The molecule has 0 saturated carbocycles. The van der Waals surface area contributed by atoms with Crippen LogP contribution in [0.3, 0.4) is 0 Å². The second-order valence-electron chi connectivity index (χ2n) is 5.23. The number of tetrazole rings is 1. The summed E-state index contributed by atoms with van der Waals surface area (Å²) in [6, 6.07) is 0. The largest absolute Gasteiger partial charge is 0.342 e. The Morgan fingerprint density at radius 3 is 2.86 bits per heavy atom. The zero-order valence-corrected chi connectivity index (χ0v) is 13.6. The zero-order valence-electron chi connectivity index (χ0n) is 12.8.